The number of aromatic nitrogens is 3. The highest BCUT2D eigenvalue weighted by Crippen LogP contribution is 2.22. The van der Waals surface area contributed by atoms with Crippen molar-refractivity contribution >= 4 is 21.6 Å². The van der Waals surface area contributed by atoms with Crippen molar-refractivity contribution in [2.45, 2.75) is 12.6 Å². The van der Waals surface area contributed by atoms with Gasteiger partial charge in [-0.1, -0.05) is 0 Å². The standard InChI is InChI=1S/C9H7BrF3N3O/c10-6-5-16-3-2-14-7(16)8(15-6)17-4-1-9(11,12)13/h2-3,5H,1,4H2. The molecule has 2 rings (SSSR count). The van der Waals surface area contributed by atoms with E-state index < -0.39 is 19.2 Å². The molecular weight excluding hydrogens is 303 g/mol. The average Bonchev–Trinajstić information content (AvgIpc) is 2.63. The Hall–Kier alpha value is -1.31. The van der Waals surface area contributed by atoms with Crippen LogP contribution in [0, 0.1) is 0 Å². The summed E-state index contributed by atoms with van der Waals surface area (Å²) in [6.45, 7) is -0.477. The molecule has 92 valence electrons. The summed E-state index contributed by atoms with van der Waals surface area (Å²) in [5.41, 5.74) is 0.385. The van der Waals surface area contributed by atoms with Crippen LogP contribution in [0.15, 0.2) is 23.2 Å². The smallest absolute Gasteiger partial charge is 0.392 e. The first-order valence-electron chi connectivity index (χ1n) is 4.64. The van der Waals surface area contributed by atoms with Crippen LogP contribution in [0.25, 0.3) is 5.65 Å². The minimum absolute atomic E-state index is 0.0774. The molecule has 0 atom stereocenters. The third-order valence-corrected chi connectivity index (χ3v) is 2.32. The van der Waals surface area contributed by atoms with Gasteiger partial charge in [0, 0.05) is 18.6 Å². The van der Waals surface area contributed by atoms with Gasteiger partial charge in [0.05, 0.1) is 13.0 Å². The van der Waals surface area contributed by atoms with Gasteiger partial charge in [0.2, 0.25) is 5.65 Å². The molecular formula is C9H7BrF3N3O. The molecule has 2 aromatic heterocycles. The van der Waals surface area contributed by atoms with Crippen molar-refractivity contribution in [1.82, 2.24) is 14.4 Å². The van der Waals surface area contributed by atoms with E-state index in [2.05, 4.69) is 25.9 Å². The molecule has 0 N–H and O–H groups in total. The number of halogens is 4. The minimum Gasteiger partial charge on any atom is -0.475 e. The van der Waals surface area contributed by atoms with E-state index in [-0.39, 0.29) is 5.88 Å². The highest BCUT2D eigenvalue weighted by molar-refractivity contribution is 9.10. The number of imidazole rings is 1. The number of alkyl halides is 3. The predicted molar refractivity (Wildman–Crippen MR) is 56.9 cm³/mol. The van der Waals surface area contributed by atoms with Crippen molar-refractivity contribution in [2.24, 2.45) is 0 Å². The van der Waals surface area contributed by atoms with Crippen molar-refractivity contribution in [3.8, 4) is 5.88 Å². The molecule has 8 heteroatoms. The van der Waals surface area contributed by atoms with Crippen LogP contribution in [0.2, 0.25) is 0 Å². The fourth-order valence-corrected chi connectivity index (χ4v) is 1.62. The summed E-state index contributed by atoms with van der Waals surface area (Å²) in [4.78, 5) is 7.89. The average molecular weight is 310 g/mol. The highest BCUT2D eigenvalue weighted by atomic mass is 79.9. The van der Waals surface area contributed by atoms with Crippen LogP contribution in [0.1, 0.15) is 6.42 Å². The molecule has 0 spiro atoms. The van der Waals surface area contributed by atoms with Crippen LogP contribution in [0.5, 0.6) is 5.88 Å². The number of hydrogen-bond acceptors (Lipinski definition) is 3. The Balaban J connectivity index is 2.15. The third-order valence-electron chi connectivity index (χ3n) is 1.94. The Labute approximate surface area is 103 Å². The second-order valence-electron chi connectivity index (χ2n) is 3.24. The number of nitrogens with zero attached hydrogens (tertiary/aromatic N) is 3. The van der Waals surface area contributed by atoms with Gasteiger partial charge in [-0.3, -0.25) is 4.40 Å². The van der Waals surface area contributed by atoms with E-state index in [1.165, 1.54) is 6.20 Å². The van der Waals surface area contributed by atoms with Crippen molar-refractivity contribution in [3.05, 3.63) is 23.2 Å². The van der Waals surface area contributed by atoms with Gasteiger partial charge >= 0.3 is 6.18 Å². The van der Waals surface area contributed by atoms with Crippen LogP contribution < -0.4 is 4.74 Å². The molecule has 0 saturated carbocycles. The van der Waals surface area contributed by atoms with Gasteiger partial charge in [0.15, 0.2) is 0 Å². The van der Waals surface area contributed by atoms with Crippen LogP contribution in [-0.4, -0.2) is 27.2 Å². The first kappa shape index (κ1) is 12.2. The summed E-state index contributed by atoms with van der Waals surface area (Å²) < 4.78 is 42.9. The maximum atomic E-state index is 12.0. The second kappa shape index (κ2) is 4.52. The lowest BCUT2D eigenvalue weighted by molar-refractivity contribution is -0.139. The van der Waals surface area contributed by atoms with Gasteiger partial charge in [-0.25, -0.2) is 9.97 Å². The first-order valence-corrected chi connectivity index (χ1v) is 5.44. The van der Waals surface area contributed by atoms with Crippen molar-refractivity contribution in [3.63, 3.8) is 0 Å². The lowest BCUT2D eigenvalue weighted by atomic mass is 10.4. The van der Waals surface area contributed by atoms with Crippen LogP contribution in [0.3, 0.4) is 0 Å². The molecule has 0 aromatic carbocycles. The van der Waals surface area contributed by atoms with Gasteiger partial charge in [0.25, 0.3) is 5.88 Å². The van der Waals surface area contributed by atoms with E-state index in [0.29, 0.717) is 10.3 Å². The Morgan fingerprint density at radius 1 is 1.41 bits per heavy atom. The molecule has 0 fully saturated rings. The van der Waals surface area contributed by atoms with Crippen molar-refractivity contribution in [1.29, 1.82) is 0 Å². The Morgan fingerprint density at radius 3 is 2.88 bits per heavy atom. The molecule has 0 saturated heterocycles. The van der Waals surface area contributed by atoms with E-state index in [9.17, 15) is 13.2 Å². The van der Waals surface area contributed by atoms with E-state index in [0.717, 1.165) is 0 Å². The molecule has 0 bridgehead atoms. The molecule has 0 amide bonds. The molecule has 2 heterocycles. The number of fused-ring (bicyclic) bond motifs is 1. The SMILES string of the molecule is FC(F)(F)CCOc1nc(Br)cn2ccnc12. The Bertz CT molecular complexity index is 526. The summed E-state index contributed by atoms with van der Waals surface area (Å²) in [7, 11) is 0. The van der Waals surface area contributed by atoms with Crippen molar-refractivity contribution in [2.75, 3.05) is 6.61 Å². The fraction of sp³-hybridized carbons (Fsp3) is 0.333. The monoisotopic (exact) mass is 309 g/mol. The fourth-order valence-electron chi connectivity index (χ4n) is 1.23. The molecule has 0 unspecified atom stereocenters. The van der Waals surface area contributed by atoms with Gasteiger partial charge in [-0.15, -0.1) is 0 Å². The van der Waals surface area contributed by atoms with Crippen LogP contribution >= 0.6 is 15.9 Å². The van der Waals surface area contributed by atoms with Gasteiger partial charge in [-0.05, 0) is 15.9 Å². The Morgan fingerprint density at radius 2 is 2.18 bits per heavy atom. The summed E-state index contributed by atoms with van der Waals surface area (Å²) in [6, 6.07) is 0. The zero-order valence-corrected chi connectivity index (χ0v) is 9.99. The summed E-state index contributed by atoms with van der Waals surface area (Å²) >= 11 is 3.14. The number of ether oxygens (including phenoxy) is 1. The summed E-state index contributed by atoms with van der Waals surface area (Å²) in [5.74, 6) is 0.0774. The quantitative estimate of drug-likeness (QED) is 0.875. The molecule has 0 radical (unpaired) electrons. The third kappa shape index (κ3) is 3.09. The lowest BCUT2D eigenvalue weighted by Gasteiger charge is -2.08. The van der Waals surface area contributed by atoms with E-state index in [1.54, 1.807) is 16.8 Å². The van der Waals surface area contributed by atoms with Crippen molar-refractivity contribution < 1.29 is 17.9 Å². The zero-order valence-electron chi connectivity index (χ0n) is 8.41. The maximum Gasteiger partial charge on any atom is 0.392 e. The van der Waals surface area contributed by atoms with Crippen LogP contribution in [-0.2, 0) is 0 Å². The zero-order chi connectivity index (χ0) is 12.5. The maximum absolute atomic E-state index is 12.0. The second-order valence-corrected chi connectivity index (χ2v) is 4.05. The van der Waals surface area contributed by atoms with E-state index >= 15 is 0 Å². The first-order chi connectivity index (χ1) is 7.96. The minimum atomic E-state index is -4.24. The van der Waals surface area contributed by atoms with Gasteiger partial charge in [0.1, 0.15) is 4.60 Å². The summed E-state index contributed by atoms with van der Waals surface area (Å²) in [6.07, 6.45) is -0.455. The van der Waals surface area contributed by atoms with Gasteiger partial charge in [-0.2, -0.15) is 13.2 Å². The number of rotatable bonds is 3. The molecule has 0 aliphatic carbocycles. The molecule has 0 aliphatic rings. The normalized spacial score (nSPS) is 12.0. The van der Waals surface area contributed by atoms with E-state index in [1.807, 2.05) is 0 Å². The molecule has 0 aliphatic heterocycles. The summed E-state index contributed by atoms with van der Waals surface area (Å²) in [5, 5.41) is 0. The topological polar surface area (TPSA) is 39.4 Å². The molecule has 4 nitrogen and oxygen atoms in total. The largest absolute Gasteiger partial charge is 0.475 e. The molecule has 2 aromatic rings. The Kier molecular flexibility index (Phi) is 3.23. The van der Waals surface area contributed by atoms with E-state index in [4.69, 9.17) is 4.74 Å². The lowest BCUT2D eigenvalue weighted by Crippen LogP contribution is -2.13. The van der Waals surface area contributed by atoms with Gasteiger partial charge < -0.3 is 4.74 Å². The van der Waals surface area contributed by atoms with Crippen LogP contribution in [0.4, 0.5) is 13.2 Å². The highest BCUT2D eigenvalue weighted by Gasteiger charge is 2.27. The predicted octanol–water partition coefficient (Wildman–Crippen LogP) is 2.82. The molecule has 17 heavy (non-hydrogen) atoms. The number of hydrogen-bond donors (Lipinski definition) is 0.